The summed E-state index contributed by atoms with van der Waals surface area (Å²) >= 11 is 17.7. The van der Waals surface area contributed by atoms with E-state index in [4.69, 9.17) is 35.4 Å². The first-order chi connectivity index (χ1) is 11.6. The summed E-state index contributed by atoms with van der Waals surface area (Å²) in [6.45, 7) is 0. The van der Waals surface area contributed by atoms with Crippen LogP contribution in [-0.4, -0.2) is 24.7 Å². The van der Waals surface area contributed by atoms with Crippen LogP contribution in [-0.2, 0) is 0 Å². The Balaban J connectivity index is 1.94. The van der Waals surface area contributed by atoms with Crippen molar-refractivity contribution in [2.75, 3.05) is 0 Å². The Morgan fingerprint density at radius 3 is 2.54 bits per heavy atom. The van der Waals surface area contributed by atoms with Gasteiger partial charge >= 0.3 is 0 Å². The lowest BCUT2D eigenvalue weighted by atomic mass is 10.1. The molecule has 0 saturated carbocycles. The fraction of sp³-hybridized carbons (Fsp3) is 0. The molecular weight excluding hydrogens is 365 g/mol. The largest absolute Gasteiger partial charge is 0.267 e. The van der Waals surface area contributed by atoms with E-state index < -0.39 is 0 Å². The predicted molar refractivity (Wildman–Crippen MR) is 97.3 cm³/mol. The van der Waals surface area contributed by atoms with Gasteiger partial charge < -0.3 is 0 Å². The molecular formula is C16H9Cl2N5S. The highest BCUT2D eigenvalue weighted by Gasteiger charge is 2.14. The van der Waals surface area contributed by atoms with Crippen molar-refractivity contribution in [2.24, 2.45) is 0 Å². The molecule has 0 aliphatic rings. The van der Waals surface area contributed by atoms with E-state index in [1.165, 1.54) is 0 Å². The highest BCUT2D eigenvalue weighted by atomic mass is 35.5. The number of halogens is 2. The molecule has 2 aromatic carbocycles. The van der Waals surface area contributed by atoms with Gasteiger partial charge in [0.05, 0.1) is 21.7 Å². The van der Waals surface area contributed by atoms with E-state index in [2.05, 4.69) is 20.2 Å². The SMILES string of the molecule is S=c1[nH]nc(-c2ccc3nccnc3c2)n1-c1ccc(Cl)cc1Cl. The first-order valence-corrected chi connectivity index (χ1v) is 8.14. The van der Waals surface area contributed by atoms with Gasteiger partial charge in [0.15, 0.2) is 10.6 Å². The first-order valence-electron chi connectivity index (χ1n) is 6.97. The lowest BCUT2D eigenvalue weighted by Crippen LogP contribution is -1.99. The Morgan fingerprint density at radius 1 is 0.958 bits per heavy atom. The summed E-state index contributed by atoms with van der Waals surface area (Å²) in [6, 6.07) is 11.0. The van der Waals surface area contributed by atoms with Crippen LogP contribution in [0.3, 0.4) is 0 Å². The first kappa shape index (κ1) is 15.3. The maximum atomic E-state index is 6.33. The molecule has 0 amide bonds. The maximum absolute atomic E-state index is 6.33. The smallest absolute Gasteiger partial charge is 0.200 e. The summed E-state index contributed by atoms with van der Waals surface area (Å²) in [6.07, 6.45) is 3.31. The van der Waals surface area contributed by atoms with Crippen molar-refractivity contribution in [1.29, 1.82) is 0 Å². The highest BCUT2D eigenvalue weighted by Crippen LogP contribution is 2.29. The minimum absolute atomic E-state index is 0.438. The second-order valence-electron chi connectivity index (χ2n) is 5.04. The Labute approximate surface area is 151 Å². The molecule has 8 heteroatoms. The molecule has 0 aliphatic carbocycles. The van der Waals surface area contributed by atoms with E-state index in [9.17, 15) is 0 Å². The molecule has 2 heterocycles. The summed E-state index contributed by atoms with van der Waals surface area (Å²) in [4.78, 5) is 8.60. The van der Waals surface area contributed by atoms with E-state index in [1.54, 1.807) is 35.2 Å². The number of fused-ring (bicyclic) bond motifs is 1. The predicted octanol–water partition coefficient (Wildman–Crippen LogP) is 4.85. The quantitative estimate of drug-likeness (QED) is 0.510. The Kier molecular flexibility index (Phi) is 3.80. The summed E-state index contributed by atoms with van der Waals surface area (Å²) in [7, 11) is 0. The van der Waals surface area contributed by atoms with Gasteiger partial charge in [0.1, 0.15) is 0 Å². The number of rotatable bonds is 2. The molecule has 0 fully saturated rings. The number of benzene rings is 2. The van der Waals surface area contributed by atoms with Crippen LogP contribution in [0.4, 0.5) is 0 Å². The molecule has 0 bridgehead atoms. The van der Waals surface area contributed by atoms with Crippen LogP contribution in [0.15, 0.2) is 48.8 Å². The van der Waals surface area contributed by atoms with Crippen LogP contribution in [0.5, 0.6) is 0 Å². The molecule has 0 radical (unpaired) electrons. The van der Waals surface area contributed by atoms with Crippen molar-refractivity contribution in [3.63, 3.8) is 0 Å². The summed E-state index contributed by atoms with van der Waals surface area (Å²) in [5.41, 5.74) is 3.14. The zero-order chi connectivity index (χ0) is 16.7. The second kappa shape index (κ2) is 5.98. The fourth-order valence-electron chi connectivity index (χ4n) is 2.48. The number of nitrogens with one attached hydrogen (secondary N) is 1. The minimum atomic E-state index is 0.438. The molecule has 0 unspecified atom stereocenters. The molecule has 1 N–H and O–H groups in total. The van der Waals surface area contributed by atoms with Gasteiger partial charge in [-0.15, -0.1) is 0 Å². The van der Waals surface area contributed by atoms with Crippen molar-refractivity contribution < 1.29 is 0 Å². The molecule has 0 spiro atoms. The zero-order valence-corrected chi connectivity index (χ0v) is 14.4. The average molecular weight is 374 g/mol. The highest BCUT2D eigenvalue weighted by molar-refractivity contribution is 7.71. The van der Waals surface area contributed by atoms with Crippen LogP contribution in [0.1, 0.15) is 0 Å². The van der Waals surface area contributed by atoms with Gasteiger partial charge in [0.25, 0.3) is 0 Å². The van der Waals surface area contributed by atoms with Crippen molar-refractivity contribution in [3.05, 3.63) is 63.6 Å². The van der Waals surface area contributed by atoms with Gasteiger partial charge in [-0.1, -0.05) is 23.2 Å². The van der Waals surface area contributed by atoms with E-state index >= 15 is 0 Å². The second-order valence-corrected chi connectivity index (χ2v) is 6.27. The van der Waals surface area contributed by atoms with Crippen molar-refractivity contribution in [3.8, 4) is 17.1 Å². The summed E-state index contributed by atoms with van der Waals surface area (Å²) in [5, 5.41) is 8.20. The summed E-state index contributed by atoms with van der Waals surface area (Å²) < 4.78 is 2.21. The number of hydrogen-bond donors (Lipinski definition) is 1. The van der Waals surface area contributed by atoms with Gasteiger partial charge in [0, 0.05) is 23.0 Å². The zero-order valence-electron chi connectivity index (χ0n) is 12.1. The van der Waals surface area contributed by atoms with Gasteiger partial charge in [-0.25, -0.2) is 0 Å². The number of aromatic nitrogens is 5. The van der Waals surface area contributed by atoms with Crippen LogP contribution in [0.25, 0.3) is 28.1 Å². The Morgan fingerprint density at radius 2 is 1.75 bits per heavy atom. The lowest BCUT2D eigenvalue weighted by Gasteiger charge is -2.09. The van der Waals surface area contributed by atoms with Gasteiger partial charge in [0.2, 0.25) is 0 Å². The minimum Gasteiger partial charge on any atom is -0.267 e. The molecule has 2 aromatic heterocycles. The van der Waals surface area contributed by atoms with E-state index in [0.717, 1.165) is 16.6 Å². The van der Waals surface area contributed by atoms with Gasteiger partial charge in [-0.3, -0.25) is 19.6 Å². The third-order valence-corrected chi connectivity index (χ3v) is 4.36. The normalized spacial score (nSPS) is 11.1. The molecule has 4 rings (SSSR count). The molecule has 24 heavy (non-hydrogen) atoms. The number of H-pyrrole nitrogens is 1. The Hall–Kier alpha value is -2.28. The lowest BCUT2D eigenvalue weighted by molar-refractivity contribution is 1.04. The monoisotopic (exact) mass is 373 g/mol. The van der Waals surface area contributed by atoms with Gasteiger partial charge in [-0.05, 0) is 48.6 Å². The van der Waals surface area contributed by atoms with E-state index in [0.29, 0.717) is 26.3 Å². The van der Waals surface area contributed by atoms with Crippen LogP contribution in [0.2, 0.25) is 10.0 Å². The topological polar surface area (TPSA) is 59.4 Å². The number of hydrogen-bond acceptors (Lipinski definition) is 4. The summed E-state index contributed by atoms with van der Waals surface area (Å²) in [5.74, 6) is 0.636. The molecule has 118 valence electrons. The van der Waals surface area contributed by atoms with Gasteiger partial charge in [-0.2, -0.15) is 5.10 Å². The molecule has 4 aromatic rings. The van der Waals surface area contributed by atoms with Crippen LogP contribution >= 0.6 is 35.4 Å². The average Bonchev–Trinajstić information content (AvgIpc) is 2.96. The van der Waals surface area contributed by atoms with E-state index in [-0.39, 0.29) is 0 Å². The molecule has 0 aliphatic heterocycles. The van der Waals surface area contributed by atoms with Crippen LogP contribution < -0.4 is 0 Å². The van der Waals surface area contributed by atoms with Crippen molar-refractivity contribution >= 4 is 46.5 Å². The van der Waals surface area contributed by atoms with Crippen molar-refractivity contribution in [1.82, 2.24) is 24.7 Å². The molecule has 5 nitrogen and oxygen atoms in total. The standard InChI is InChI=1S/C16H9Cl2N5S/c17-10-2-4-14(11(18)8-10)23-15(21-22-16(23)24)9-1-3-12-13(7-9)20-6-5-19-12/h1-8H,(H,22,24). The molecule has 0 saturated heterocycles. The third kappa shape index (κ3) is 2.58. The number of aromatic amines is 1. The van der Waals surface area contributed by atoms with Crippen LogP contribution in [0, 0.1) is 4.77 Å². The fourth-order valence-corrected chi connectivity index (χ4v) is 3.20. The van der Waals surface area contributed by atoms with Crippen molar-refractivity contribution in [2.45, 2.75) is 0 Å². The maximum Gasteiger partial charge on any atom is 0.200 e. The van der Waals surface area contributed by atoms with E-state index in [1.807, 2.05) is 18.2 Å². The molecule has 0 atom stereocenters. The Bertz CT molecular complexity index is 1120. The number of nitrogens with zero attached hydrogens (tertiary/aromatic N) is 4. The third-order valence-electron chi connectivity index (χ3n) is 3.55.